The minimum atomic E-state index is -0.160. The van der Waals surface area contributed by atoms with Gasteiger partial charge in [-0.25, -0.2) is 4.52 Å². The van der Waals surface area contributed by atoms with Crippen LogP contribution < -0.4 is 16.2 Å². The number of aromatic amines is 1. The molecule has 0 aliphatic carbocycles. The Morgan fingerprint density at radius 3 is 2.78 bits per heavy atom. The normalized spacial score (nSPS) is 16.0. The van der Waals surface area contributed by atoms with Gasteiger partial charge in [0.1, 0.15) is 11.3 Å². The molecule has 0 amide bonds. The van der Waals surface area contributed by atoms with Crippen molar-refractivity contribution in [3.05, 3.63) is 71.0 Å². The quantitative estimate of drug-likeness (QED) is 0.434. The lowest BCUT2D eigenvalue weighted by atomic mass is 10.2. The van der Waals surface area contributed by atoms with Crippen molar-refractivity contribution < 1.29 is 0 Å². The molecule has 162 valence electrons. The number of nitrogens with zero attached hydrogens (tertiary/aromatic N) is 7. The highest BCUT2D eigenvalue weighted by Gasteiger charge is 2.33. The molecule has 11 heteroatoms. The van der Waals surface area contributed by atoms with Crippen LogP contribution in [0.5, 0.6) is 0 Å². The summed E-state index contributed by atoms with van der Waals surface area (Å²) >= 11 is 0. The zero-order valence-corrected chi connectivity index (χ0v) is 18.0. The van der Waals surface area contributed by atoms with E-state index in [0.29, 0.717) is 22.8 Å². The first-order valence-corrected chi connectivity index (χ1v) is 10.1. The molecule has 5 aromatic rings. The van der Waals surface area contributed by atoms with Gasteiger partial charge in [0.2, 0.25) is 5.95 Å². The van der Waals surface area contributed by atoms with Gasteiger partial charge in [-0.1, -0.05) is 18.2 Å². The number of nitrogens with one attached hydrogen (secondary N) is 1. The summed E-state index contributed by atoms with van der Waals surface area (Å²) < 4.78 is 3.35. The van der Waals surface area contributed by atoms with E-state index in [1.807, 2.05) is 36.4 Å². The van der Waals surface area contributed by atoms with Gasteiger partial charge in [0.15, 0.2) is 11.5 Å². The number of nitrogen functional groups attached to an aromatic ring is 1. The second-order valence-corrected chi connectivity index (χ2v) is 7.56. The zero-order chi connectivity index (χ0) is 20.9. The summed E-state index contributed by atoms with van der Waals surface area (Å²) in [5.41, 5.74) is 7.75. The van der Waals surface area contributed by atoms with Gasteiger partial charge < -0.3 is 10.6 Å². The minimum absolute atomic E-state index is 0. The number of hydrogen-bond acceptors (Lipinski definition) is 7. The number of benzene rings is 1. The van der Waals surface area contributed by atoms with E-state index in [4.69, 9.17) is 10.8 Å². The Morgan fingerprint density at radius 1 is 1.09 bits per heavy atom. The molecule has 0 radical (unpaired) electrons. The maximum Gasteiger partial charge on any atom is 0.282 e. The molecule has 1 aromatic carbocycles. The number of nitrogens with two attached hydrogens (primary N) is 1. The average molecular weight is 448 g/mol. The number of anilines is 2. The maximum atomic E-state index is 13.5. The van der Waals surface area contributed by atoms with E-state index in [9.17, 15) is 4.79 Å². The van der Waals surface area contributed by atoms with E-state index >= 15 is 0 Å². The molecule has 0 unspecified atom stereocenters. The van der Waals surface area contributed by atoms with Crippen molar-refractivity contribution in [3.63, 3.8) is 0 Å². The van der Waals surface area contributed by atoms with Gasteiger partial charge in [-0.3, -0.25) is 14.5 Å². The first kappa shape index (κ1) is 20.1. The Bertz CT molecular complexity index is 1470. The molecule has 5 heterocycles. The van der Waals surface area contributed by atoms with E-state index in [1.165, 1.54) is 0 Å². The molecule has 4 aromatic heterocycles. The zero-order valence-electron chi connectivity index (χ0n) is 17.0. The fourth-order valence-corrected chi connectivity index (χ4v) is 4.39. The highest BCUT2D eigenvalue weighted by atomic mass is 32.1. The molecule has 0 spiro atoms. The molecule has 10 nitrogen and oxygen atoms in total. The number of para-hydroxylation sites is 1. The third-order valence-corrected chi connectivity index (χ3v) is 5.73. The Morgan fingerprint density at radius 2 is 1.94 bits per heavy atom. The van der Waals surface area contributed by atoms with Gasteiger partial charge in [0.25, 0.3) is 5.56 Å². The summed E-state index contributed by atoms with van der Waals surface area (Å²) in [6, 6.07) is 13.1. The van der Waals surface area contributed by atoms with E-state index in [0.717, 1.165) is 30.5 Å². The van der Waals surface area contributed by atoms with Crippen LogP contribution in [0.1, 0.15) is 24.7 Å². The fourth-order valence-electron chi connectivity index (χ4n) is 4.39. The van der Waals surface area contributed by atoms with Crippen LogP contribution in [0.2, 0.25) is 0 Å². The Hall–Kier alpha value is -3.86. The Labute approximate surface area is 189 Å². The summed E-state index contributed by atoms with van der Waals surface area (Å²) in [5.74, 6) is 1.53. The lowest BCUT2D eigenvalue weighted by Gasteiger charge is -2.27. The topological polar surface area (TPSA) is 123 Å². The number of fused-ring (bicyclic) bond motifs is 2. The molecular weight excluding hydrogens is 426 g/mol. The fraction of sp³-hybridized carbons (Fsp3) is 0.190. The molecule has 1 fully saturated rings. The molecule has 1 saturated heterocycles. The first-order valence-electron chi connectivity index (χ1n) is 10.1. The molecule has 1 atom stereocenters. The van der Waals surface area contributed by atoms with Crippen LogP contribution in [0.25, 0.3) is 22.2 Å². The lowest BCUT2D eigenvalue weighted by molar-refractivity contribution is 0.602. The summed E-state index contributed by atoms with van der Waals surface area (Å²) in [4.78, 5) is 24.3. The van der Waals surface area contributed by atoms with Crippen LogP contribution in [0.15, 0.2) is 59.7 Å². The third kappa shape index (κ3) is 3.01. The van der Waals surface area contributed by atoms with Crippen molar-refractivity contribution in [1.82, 2.24) is 34.3 Å². The van der Waals surface area contributed by atoms with Crippen molar-refractivity contribution in [2.24, 2.45) is 0 Å². The van der Waals surface area contributed by atoms with E-state index in [-0.39, 0.29) is 31.0 Å². The lowest BCUT2D eigenvalue weighted by Crippen LogP contribution is -2.33. The second-order valence-electron chi connectivity index (χ2n) is 7.56. The number of H-pyrrole nitrogens is 1. The van der Waals surface area contributed by atoms with Crippen molar-refractivity contribution in [1.29, 1.82) is 0 Å². The predicted octanol–water partition coefficient (Wildman–Crippen LogP) is 2.19. The van der Waals surface area contributed by atoms with Gasteiger partial charge in [-0.05, 0) is 37.1 Å². The van der Waals surface area contributed by atoms with Crippen LogP contribution in [0, 0.1) is 0 Å². The Balaban J connectivity index is 0.00000216. The number of hydrogen-bond donors (Lipinski definition) is 2. The standard InChI is InChI=1S/C21H19N9O.H2S/c22-21-24-17-14(12-23-26-17)18(25-21)28-10-4-8-15(28)19-27-29-11-5-9-16(29)20(31)30(19)13-6-2-1-3-7-13;/h1-3,5-7,9,11-12,15H,4,8,10H2,(H3,22,23,24,25,26);1H2/t15-;/m0./s1. The smallest absolute Gasteiger partial charge is 0.282 e. The van der Waals surface area contributed by atoms with Crippen LogP contribution in [-0.4, -0.2) is 40.9 Å². The molecule has 1 aliphatic heterocycles. The monoisotopic (exact) mass is 447 g/mol. The average Bonchev–Trinajstić information content (AvgIpc) is 3.53. The third-order valence-electron chi connectivity index (χ3n) is 5.73. The molecule has 1 aliphatic rings. The molecule has 32 heavy (non-hydrogen) atoms. The number of rotatable bonds is 3. The van der Waals surface area contributed by atoms with E-state index in [1.54, 1.807) is 27.5 Å². The van der Waals surface area contributed by atoms with Crippen molar-refractivity contribution in [3.8, 4) is 5.69 Å². The largest absolute Gasteiger partial charge is 0.368 e. The van der Waals surface area contributed by atoms with E-state index < -0.39 is 0 Å². The van der Waals surface area contributed by atoms with Crippen molar-refractivity contribution in [2.45, 2.75) is 18.9 Å². The van der Waals surface area contributed by atoms with Gasteiger partial charge in [0, 0.05) is 12.7 Å². The molecule has 3 N–H and O–H groups in total. The van der Waals surface area contributed by atoms with Gasteiger partial charge in [-0.15, -0.1) is 0 Å². The first-order chi connectivity index (χ1) is 15.2. The Kier molecular flexibility index (Phi) is 4.82. The molecular formula is C21H21N9OS. The SMILES string of the molecule is Nc1nc(N2CCC[C@H]2c2nn3cccc3c(=O)n2-c2ccccc2)c2cn[nH]c2n1.S. The van der Waals surface area contributed by atoms with Crippen molar-refractivity contribution >= 4 is 41.8 Å². The van der Waals surface area contributed by atoms with Crippen LogP contribution in [0.4, 0.5) is 11.8 Å². The van der Waals surface area contributed by atoms with Crippen LogP contribution in [-0.2, 0) is 0 Å². The van der Waals surface area contributed by atoms with Crippen LogP contribution >= 0.6 is 13.5 Å². The minimum Gasteiger partial charge on any atom is -0.368 e. The number of aromatic nitrogens is 7. The highest BCUT2D eigenvalue weighted by Crippen LogP contribution is 2.37. The predicted molar refractivity (Wildman–Crippen MR) is 127 cm³/mol. The highest BCUT2D eigenvalue weighted by molar-refractivity contribution is 7.59. The molecule has 0 bridgehead atoms. The van der Waals surface area contributed by atoms with Gasteiger partial charge >= 0.3 is 0 Å². The summed E-state index contributed by atoms with van der Waals surface area (Å²) in [7, 11) is 0. The second kappa shape index (κ2) is 7.68. The summed E-state index contributed by atoms with van der Waals surface area (Å²) in [6.07, 6.45) is 5.26. The van der Waals surface area contributed by atoms with Gasteiger partial charge in [-0.2, -0.15) is 33.7 Å². The molecule has 6 rings (SSSR count). The summed E-state index contributed by atoms with van der Waals surface area (Å²) in [6.45, 7) is 0.760. The maximum absolute atomic E-state index is 13.5. The van der Waals surface area contributed by atoms with Crippen LogP contribution in [0.3, 0.4) is 0 Å². The van der Waals surface area contributed by atoms with Crippen molar-refractivity contribution in [2.75, 3.05) is 17.2 Å². The molecule has 0 saturated carbocycles. The van der Waals surface area contributed by atoms with Gasteiger partial charge in [0.05, 0.1) is 23.3 Å². The van der Waals surface area contributed by atoms with E-state index in [2.05, 4.69) is 25.1 Å². The summed E-state index contributed by atoms with van der Waals surface area (Å²) in [5, 5.41) is 12.6.